The molecule has 0 saturated heterocycles. The Bertz CT molecular complexity index is 831. The minimum absolute atomic E-state index is 0.132. The van der Waals surface area contributed by atoms with Gasteiger partial charge >= 0.3 is 0 Å². The molecular weight excluding hydrogens is 321 g/mol. The molecule has 2 aromatic carbocycles. The average molecular weight is 339 g/mol. The Kier molecular flexibility index (Phi) is 4.85. The number of nitrogens with two attached hydrogens (primary N) is 1. The van der Waals surface area contributed by atoms with Crippen molar-refractivity contribution in [1.29, 1.82) is 0 Å². The van der Waals surface area contributed by atoms with Crippen molar-refractivity contribution in [3.63, 3.8) is 0 Å². The molecule has 0 radical (unpaired) electrons. The first kappa shape index (κ1) is 16.8. The van der Waals surface area contributed by atoms with E-state index in [-0.39, 0.29) is 11.9 Å². The summed E-state index contributed by atoms with van der Waals surface area (Å²) in [5.41, 5.74) is 8.00. The van der Waals surface area contributed by atoms with E-state index in [0.29, 0.717) is 5.56 Å². The first-order valence-corrected chi connectivity index (χ1v) is 7.80. The lowest BCUT2D eigenvalue weighted by molar-refractivity contribution is -0.120. The molecule has 0 unspecified atom stereocenters. The second-order valence-corrected chi connectivity index (χ2v) is 5.71. The second kappa shape index (κ2) is 7.23. The van der Waals surface area contributed by atoms with Gasteiger partial charge < -0.3 is 5.73 Å². The molecule has 0 fully saturated rings. The van der Waals surface area contributed by atoms with Gasteiger partial charge in [-0.15, -0.1) is 0 Å². The van der Waals surface area contributed by atoms with Gasteiger partial charge in [0.05, 0.1) is 5.69 Å². The molecule has 1 aromatic heterocycles. The van der Waals surface area contributed by atoms with Gasteiger partial charge in [-0.2, -0.15) is 5.10 Å². The number of carbonyl (C=O) groups excluding carboxylic acids is 1. The number of carbonyl (C=O) groups is 1. The van der Waals surface area contributed by atoms with Crippen LogP contribution in [0, 0.1) is 5.82 Å². The third-order valence-corrected chi connectivity index (χ3v) is 3.98. The van der Waals surface area contributed by atoms with E-state index in [9.17, 15) is 9.18 Å². The summed E-state index contributed by atoms with van der Waals surface area (Å²) >= 11 is 0. The van der Waals surface area contributed by atoms with Crippen LogP contribution < -0.4 is 11.1 Å². The monoisotopic (exact) mass is 339 g/mol. The third kappa shape index (κ3) is 3.89. The summed E-state index contributed by atoms with van der Waals surface area (Å²) in [4.78, 5) is 15.7. The molecule has 1 amide bonds. The van der Waals surface area contributed by atoms with Crippen LogP contribution in [0.1, 0.15) is 30.1 Å². The van der Waals surface area contributed by atoms with Crippen molar-refractivity contribution < 1.29 is 9.18 Å². The number of benzene rings is 2. The largest absolute Gasteiger partial charge is 0.368 e. The topological polar surface area (TPSA) is 85.8 Å². The number of aromatic nitrogens is 3. The fraction of sp³-hybridized carbons (Fsp3) is 0.167. The Labute approximate surface area is 144 Å². The van der Waals surface area contributed by atoms with E-state index in [1.807, 2.05) is 31.2 Å². The van der Waals surface area contributed by atoms with Gasteiger partial charge in [-0.25, -0.2) is 14.1 Å². The standard InChI is InChI=1S/C18H18FN5O/c1-12(13-4-8-16(9-5-13)24-11-21-10-22-24)23-17(18(20)25)14-2-6-15(19)7-3-14/h2-12,17,23H,1H3,(H2,20,25)/t12-,17-/m1/s1. The Morgan fingerprint density at radius 3 is 2.32 bits per heavy atom. The van der Waals surface area contributed by atoms with Crippen molar-refractivity contribution in [2.45, 2.75) is 19.0 Å². The molecule has 0 bridgehead atoms. The molecular formula is C18H18FN5O. The van der Waals surface area contributed by atoms with Crippen LogP contribution in [0.15, 0.2) is 61.2 Å². The fourth-order valence-electron chi connectivity index (χ4n) is 2.60. The highest BCUT2D eigenvalue weighted by molar-refractivity contribution is 5.81. The number of hydrogen-bond donors (Lipinski definition) is 2. The highest BCUT2D eigenvalue weighted by Crippen LogP contribution is 2.21. The van der Waals surface area contributed by atoms with Gasteiger partial charge in [-0.1, -0.05) is 24.3 Å². The number of nitrogens with zero attached hydrogens (tertiary/aromatic N) is 3. The van der Waals surface area contributed by atoms with Gasteiger partial charge in [0.25, 0.3) is 0 Å². The Balaban J connectivity index is 1.76. The Morgan fingerprint density at radius 1 is 1.12 bits per heavy atom. The lowest BCUT2D eigenvalue weighted by atomic mass is 10.0. The number of amides is 1. The molecule has 0 saturated carbocycles. The molecule has 128 valence electrons. The van der Waals surface area contributed by atoms with Crippen molar-refractivity contribution in [3.8, 4) is 5.69 Å². The van der Waals surface area contributed by atoms with Gasteiger partial charge in [0.1, 0.15) is 24.5 Å². The highest BCUT2D eigenvalue weighted by Gasteiger charge is 2.20. The van der Waals surface area contributed by atoms with Crippen LogP contribution in [0.3, 0.4) is 0 Å². The predicted octanol–water partition coefficient (Wildman–Crippen LogP) is 2.28. The maximum atomic E-state index is 13.1. The zero-order valence-electron chi connectivity index (χ0n) is 13.6. The number of primary amides is 1. The van der Waals surface area contributed by atoms with E-state index in [1.165, 1.54) is 18.5 Å². The van der Waals surface area contributed by atoms with Crippen molar-refractivity contribution >= 4 is 5.91 Å². The normalized spacial score (nSPS) is 13.4. The van der Waals surface area contributed by atoms with E-state index in [4.69, 9.17) is 5.73 Å². The molecule has 3 N–H and O–H groups in total. The number of nitrogens with one attached hydrogen (secondary N) is 1. The Hall–Kier alpha value is -3.06. The molecule has 0 aliphatic carbocycles. The van der Waals surface area contributed by atoms with Gasteiger partial charge in [0.2, 0.25) is 5.91 Å². The molecule has 3 aromatic rings. The van der Waals surface area contributed by atoms with E-state index >= 15 is 0 Å². The molecule has 1 heterocycles. The molecule has 0 spiro atoms. The van der Waals surface area contributed by atoms with E-state index < -0.39 is 11.9 Å². The van der Waals surface area contributed by atoms with Crippen molar-refractivity contribution in [3.05, 3.63) is 78.1 Å². The minimum Gasteiger partial charge on any atom is -0.368 e. The minimum atomic E-state index is -0.703. The van der Waals surface area contributed by atoms with Gasteiger partial charge in [-0.05, 0) is 42.3 Å². The van der Waals surface area contributed by atoms with E-state index in [0.717, 1.165) is 11.3 Å². The molecule has 25 heavy (non-hydrogen) atoms. The summed E-state index contributed by atoms with van der Waals surface area (Å²) in [7, 11) is 0. The fourth-order valence-corrected chi connectivity index (χ4v) is 2.60. The van der Waals surface area contributed by atoms with Crippen LogP contribution in [0.5, 0.6) is 0 Å². The first-order chi connectivity index (χ1) is 12.0. The van der Waals surface area contributed by atoms with Gasteiger partial charge in [-0.3, -0.25) is 10.1 Å². The summed E-state index contributed by atoms with van der Waals surface area (Å²) in [6.45, 7) is 1.93. The summed E-state index contributed by atoms with van der Waals surface area (Å²) in [5.74, 6) is -0.874. The molecule has 7 heteroatoms. The highest BCUT2D eigenvalue weighted by atomic mass is 19.1. The zero-order chi connectivity index (χ0) is 17.8. The summed E-state index contributed by atoms with van der Waals surface area (Å²) < 4.78 is 14.7. The van der Waals surface area contributed by atoms with Crippen molar-refractivity contribution in [2.24, 2.45) is 5.73 Å². The number of halogens is 1. The molecule has 3 rings (SSSR count). The van der Waals surface area contributed by atoms with E-state index in [1.54, 1.807) is 23.1 Å². The SMILES string of the molecule is C[C@@H](N[C@@H](C(N)=O)c1ccc(F)cc1)c1ccc(-n2cncn2)cc1. The molecule has 0 aliphatic heterocycles. The van der Waals surface area contributed by atoms with Crippen LogP contribution in [0.4, 0.5) is 4.39 Å². The molecule has 2 atom stereocenters. The van der Waals surface area contributed by atoms with Crippen LogP contribution in [0.2, 0.25) is 0 Å². The quantitative estimate of drug-likeness (QED) is 0.721. The van der Waals surface area contributed by atoms with Crippen LogP contribution in [0.25, 0.3) is 5.69 Å². The molecule has 0 aliphatic rings. The number of hydrogen-bond acceptors (Lipinski definition) is 4. The van der Waals surface area contributed by atoms with E-state index in [2.05, 4.69) is 15.4 Å². The third-order valence-electron chi connectivity index (χ3n) is 3.98. The first-order valence-electron chi connectivity index (χ1n) is 7.80. The summed E-state index contributed by atoms with van der Waals surface area (Å²) in [6.07, 6.45) is 3.09. The van der Waals surface area contributed by atoms with Crippen molar-refractivity contribution in [1.82, 2.24) is 20.1 Å². The summed E-state index contributed by atoms with van der Waals surface area (Å²) in [6, 6.07) is 12.6. The lowest BCUT2D eigenvalue weighted by Crippen LogP contribution is -2.35. The summed E-state index contributed by atoms with van der Waals surface area (Å²) in [5, 5.41) is 7.27. The van der Waals surface area contributed by atoms with Crippen LogP contribution in [-0.4, -0.2) is 20.7 Å². The lowest BCUT2D eigenvalue weighted by Gasteiger charge is -2.22. The van der Waals surface area contributed by atoms with Gasteiger partial charge in [0, 0.05) is 6.04 Å². The average Bonchev–Trinajstić information content (AvgIpc) is 3.15. The second-order valence-electron chi connectivity index (χ2n) is 5.71. The maximum Gasteiger partial charge on any atom is 0.239 e. The smallest absolute Gasteiger partial charge is 0.239 e. The Morgan fingerprint density at radius 2 is 1.76 bits per heavy atom. The van der Waals surface area contributed by atoms with Crippen molar-refractivity contribution in [2.75, 3.05) is 0 Å². The van der Waals surface area contributed by atoms with Gasteiger partial charge in [0.15, 0.2) is 0 Å². The number of rotatable bonds is 6. The van der Waals surface area contributed by atoms with Crippen LogP contribution >= 0.6 is 0 Å². The van der Waals surface area contributed by atoms with Crippen LogP contribution in [-0.2, 0) is 4.79 Å². The predicted molar refractivity (Wildman–Crippen MR) is 91.2 cm³/mol. The maximum absolute atomic E-state index is 13.1. The zero-order valence-corrected chi connectivity index (χ0v) is 13.6. The molecule has 6 nitrogen and oxygen atoms in total.